The Balaban J connectivity index is 1.71. The molecule has 1 aliphatic rings. The van der Waals surface area contributed by atoms with Gasteiger partial charge in [0.25, 0.3) is 5.91 Å². The molecule has 0 spiro atoms. The van der Waals surface area contributed by atoms with Crippen molar-refractivity contribution >= 4 is 23.2 Å². The third kappa shape index (κ3) is 5.83. The zero-order valence-corrected chi connectivity index (χ0v) is 18.0. The van der Waals surface area contributed by atoms with Crippen LogP contribution >= 0.6 is 0 Å². The first-order chi connectivity index (χ1) is 14.4. The molecule has 30 heavy (non-hydrogen) atoms. The van der Waals surface area contributed by atoms with E-state index >= 15 is 0 Å². The highest BCUT2D eigenvalue weighted by Gasteiger charge is 2.23. The van der Waals surface area contributed by atoms with Crippen LogP contribution in [0.25, 0.3) is 0 Å². The summed E-state index contributed by atoms with van der Waals surface area (Å²) >= 11 is 0. The number of rotatable bonds is 7. The fraction of sp³-hybridized carbons (Fsp3) is 0.417. The van der Waals surface area contributed by atoms with Crippen LogP contribution in [0.3, 0.4) is 0 Å². The first-order valence-corrected chi connectivity index (χ1v) is 10.5. The Bertz CT molecular complexity index is 876. The van der Waals surface area contributed by atoms with Crippen molar-refractivity contribution in [2.24, 2.45) is 5.92 Å². The predicted octanol–water partition coefficient (Wildman–Crippen LogP) is 3.61. The van der Waals surface area contributed by atoms with Gasteiger partial charge in [0.05, 0.1) is 13.2 Å². The maximum Gasteiger partial charge on any atom is 0.252 e. The average molecular weight is 410 g/mol. The van der Waals surface area contributed by atoms with Gasteiger partial charge in [0.2, 0.25) is 5.91 Å². The van der Waals surface area contributed by atoms with Gasteiger partial charge in [0, 0.05) is 30.0 Å². The van der Waals surface area contributed by atoms with Crippen LogP contribution in [0.2, 0.25) is 0 Å². The molecule has 6 nitrogen and oxygen atoms in total. The summed E-state index contributed by atoms with van der Waals surface area (Å²) in [6, 6.07) is 14.6. The van der Waals surface area contributed by atoms with Gasteiger partial charge in [0.1, 0.15) is 6.04 Å². The molecule has 0 saturated carbocycles. The van der Waals surface area contributed by atoms with E-state index in [1.807, 2.05) is 63.2 Å². The van der Waals surface area contributed by atoms with E-state index in [0.29, 0.717) is 25.2 Å². The zero-order chi connectivity index (χ0) is 21.5. The van der Waals surface area contributed by atoms with Gasteiger partial charge in [0.15, 0.2) is 0 Å². The van der Waals surface area contributed by atoms with Crippen molar-refractivity contribution in [3.63, 3.8) is 0 Å². The molecular formula is C24H31N3O3. The van der Waals surface area contributed by atoms with Gasteiger partial charge in [-0.25, -0.2) is 0 Å². The minimum Gasteiger partial charge on any atom is -0.378 e. The SMILES string of the molecule is Cc1ccccc1C(=O)NC(CC(C)C)C(=O)Nc1cccc(N2CCOCC2)c1. The molecule has 0 bridgehead atoms. The van der Waals surface area contributed by atoms with Gasteiger partial charge in [-0.05, 0) is 49.1 Å². The number of benzene rings is 2. The molecule has 0 radical (unpaired) electrons. The van der Waals surface area contributed by atoms with Crippen LogP contribution in [0.4, 0.5) is 11.4 Å². The summed E-state index contributed by atoms with van der Waals surface area (Å²) in [4.78, 5) is 28.0. The van der Waals surface area contributed by atoms with E-state index in [1.54, 1.807) is 6.07 Å². The topological polar surface area (TPSA) is 70.7 Å². The van der Waals surface area contributed by atoms with Gasteiger partial charge in [-0.1, -0.05) is 38.1 Å². The molecule has 160 valence electrons. The lowest BCUT2D eigenvalue weighted by Crippen LogP contribution is -2.44. The number of hydrogen-bond acceptors (Lipinski definition) is 4. The van der Waals surface area contributed by atoms with Crippen LogP contribution < -0.4 is 15.5 Å². The quantitative estimate of drug-likeness (QED) is 0.733. The Hall–Kier alpha value is -2.86. The second-order valence-corrected chi connectivity index (χ2v) is 8.11. The summed E-state index contributed by atoms with van der Waals surface area (Å²) in [7, 11) is 0. The van der Waals surface area contributed by atoms with E-state index in [4.69, 9.17) is 4.74 Å². The van der Waals surface area contributed by atoms with Gasteiger partial charge >= 0.3 is 0 Å². The molecule has 3 rings (SSSR count). The number of morpholine rings is 1. The lowest BCUT2D eigenvalue weighted by molar-refractivity contribution is -0.118. The van der Waals surface area contributed by atoms with Crippen LogP contribution in [0.1, 0.15) is 36.2 Å². The second-order valence-electron chi connectivity index (χ2n) is 8.11. The number of carbonyl (C=O) groups is 2. The largest absolute Gasteiger partial charge is 0.378 e. The van der Waals surface area contributed by atoms with Crippen molar-refractivity contribution in [1.29, 1.82) is 0 Å². The Morgan fingerprint density at radius 2 is 1.80 bits per heavy atom. The highest BCUT2D eigenvalue weighted by Crippen LogP contribution is 2.21. The summed E-state index contributed by atoms with van der Waals surface area (Å²) in [6.07, 6.45) is 0.562. The minimum atomic E-state index is -0.607. The molecule has 1 aliphatic heterocycles. The molecule has 0 aromatic heterocycles. The highest BCUT2D eigenvalue weighted by atomic mass is 16.5. The van der Waals surface area contributed by atoms with E-state index in [-0.39, 0.29) is 17.7 Å². The molecular weight excluding hydrogens is 378 g/mol. The Labute approximate surface area is 178 Å². The minimum absolute atomic E-state index is 0.204. The Morgan fingerprint density at radius 3 is 2.50 bits per heavy atom. The molecule has 6 heteroatoms. The molecule has 1 heterocycles. The van der Waals surface area contributed by atoms with Crippen LogP contribution in [-0.4, -0.2) is 44.2 Å². The summed E-state index contributed by atoms with van der Waals surface area (Å²) in [5, 5.41) is 5.91. The standard InChI is InChI=1S/C24H31N3O3/c1-17(2)15-22(26-23(28)21-10-5-4-7-18(21)3)24(29)25-19-8-6-9-20(16-19)27-11-13-30-14-12-27/h4-10,16-17,22H,11-15H2,1-3H3,(H,25,29)(H,26,28). The fourth-order valence-corrected chi connectivity index (χ4v) is 3.60. The summed E-state index contributed by atoms with van der Waals surface area (Å²) in [5.74, 6) is -0.168. The molecule has 2 aromatic rings. The van der Waals surface area contributed by atoms with E-state index in [9.17, 15) is 9.59 Å². The number of ether oxygens (including phenoxy) is 1. The van der Waals surface area contributed by atoms with Crippen LogP contribution in [0, 0.1) is 12.8 Å². The number of aryl methyl sites for hydroxylation is 1. The van der Waals surface area contributed by atoms with Crippen molar-refractivity contribution in [1.82, 2.24) is 5.32 Å². The first-order valence-electron chi connectivity index (χ1n) is 10.5. The summed E-state index contributed by atoms with van der Waals surface area (Å²) in [5.41, 5.74) is 3.26. The van der Waals surface area contributed by atoms with Crippen LogP contribution in [0.15, 0.2) is 48.5 Å². The smallest absolute Gasteiger partial charge is 0.252 e. The number of nitrogens with one attached hydrogen (secondary N) is 2. The molecule has 1 fully saturated rings. The predicted molar refractivity (Wildman–Crippen MR) is 120 cm³/mol. The molecule has 2 N–H and O–H groups in total. The van der Waals surface area contributed by atoms with Crippen LogP contribution in [-0.2, 0) is 9.53 Å². The van der Waals surface area contributed by atoms with E-state index in [0.717, 1.165) is 30.0 Å². The van der Waals surface area contributed by atoms with Crippen molar-refractivity contribution in [3.05, 3.63) is 59.7 Å². The molecule has 1 saturated heterocycles. The molecule has 1 unspecified atom stereocenters. The van der Waals surface area contributed by atoms with Crippen molar-refractivity contribution in [3.8, 4) is 0 Å². The lowest BCUT2D eigenvalue weighted by atomic mass is 10.0. The van der Waals surface area contributed by atoms with Crippen molar-refractivity contribution in [2.45, 2.75) is 33.2 Å². The fourth-order valence-electron chi connectivity index (χ4n) is 3.60. The van der Waals surface area contributed by atoms with Crippen molar-refractivity contribution < 1.29 is 14.3 Å². The Kier molecular flexibility index (Phi) is 7.46. The van der Waals surface area contributed by atoms with E-state index < -0.39 is 6.04 Å². The maximum atomic E-state index is 13.0. The number of anilines is 2. The maximum absolute atomic E-state index is 13.0. The van der Waals surface area contributed by atoms with E-state index in [2.05, 4.69) is 15.5 Å². The average Bonchev–Trinajstić information content (AvgIpc) is 2.74. The summed E-state index contributed by atoms with van der Waals surface area (Å²) < 4.78 is 5.41. The van der Waals surface area contributed by atoms with Crippen LogP contribution in [0.5, 0.6) is 0 Å². The molecule has 1 atom stereocenters. The third-order valence-corrected chi connectivity index (χ3v) is 5.21. The first kappa shape index (κ1) is 21.8. The van der Waals surface area contributed by atoms with Gasteiger partial charge < -0.3 is 20.3 Å². The Morgan fingerprint density at radius 1 is 1.07 bits per heavy atom. The zero-order valence-electron chi connectivity index (χ0n) is 18.0. The highest BCUT2D eigenvalue weighted by molar-refractivity contribution is 6.01. The number of amides is 2. The molecule has 2 amide bonds. The monoisotopic (exact) mass is 409 g/mol. The normalized spacial score (nSPS) is 15.0. The van der Waals surface area contributed by atoms with Crippen molar-refractivity contribution in [2.75, 3.05) is 36.5 Å². The van der Waals surface area contributed by atoms with Gasteiger partial charge in [-0.3, -0.25) is 9.59 Å². The van der Waals surface area contributed by atoms with Gasteiger partial charge in [-0.2, -0.15) is 0 Å². The van der Waals surface area contributed by atoms with Gasteiger partial charge in [-0.15, -0.1) is 0 Å². The molecule has 2 aromatic carbocycles. The van der Waals surface area contributed by atoms with E-state index in [1.165, 1.54) is 0 Å². The lowest BCUT2D eigenvalue weighted by Gasteiger charge is -2.29. The molecule has 0 aliphatic carbocycles. The third-order valence-electron chi connectivity index (χ3n) is 5.21. The number of hydrogen-bond donors (Lipinski definition) is 2. The number of nitrogens with zero attached hydrogens (tertiary/aromatic N) is 1. The number of carbonyl (C=O) groups excluding carboxylic acids is 2. The second kappa shape index (κ2) is 10.3. The summed E-state index contributed by atoms with van der Waals surface area (Å²) in [6.45, 7) is 9.05.